The van der Waals surface area contributed by atoms with Gasteiger partial charge in [-0.05, 0) is 84.2 Å². The van der Waals surface area contributed by atoms with E-state index in [1.165, 1.54) is 25.9 Å². The first-order valence-electron chi connectivity index (χ1n) is 13.5. The zero-order chi connectivity index (χ0) is 24.9. The SMILES string of the molecule is CC1(C)CCN2CCC(C)(C)C3=C2C1=C[C@H](CCC1CC(C(C#N)C#N)CC(C(C)(C)C)O1)C3. The molecular weight excluding hydrogens is 418 g/mol. The highest BCUT2D eigenvalue weighted by molar-refractivity contribution is 5.47. The normalized spacial score (nSPS) is 32.5. The van der Waals surface area contributed by atoms with E-state index in [4.69, 9.17) is 4.74 Å². The molecule has 0 radical (unpaired) electrons. The summed E-state index contributed by atoms with van der Waals surface area (Å²) in [4.78, 5) is 2.67. The summed E-state index contributed by atoms with van der Waals surface area (Å²) in [6, 6.07) is 4.51. The third kappa shape index (κ3) is 4.81. The van der Waals surface area contributed by atoms with Crippen molar-refractivity contribution in [1.82, 2.24) is 4.90 Å². The lowest BCUT2D eigenvalue weighted by Gasteiger charge is -2.52. The molecule has 0 saturated carbocycles. The van der Waals surface area contributed by atoms with Gasteiger partial charge in [-0.15, -0.1) is 0 Å². The average molecular weight is 464 g/mol. The predicted octanol–water partition coefficient (Wildman–Crippen LogP) is 7.00. The van der Waals surface area contributed by atoms with Crippen molar-refractivity contribution in [3.05, 3.63) is 22.9 Å². The summed E-state index contributed by atoms with van der Waals surface area (Å²) in [6.45, 7) is 18.8. The van der Waals surface area contributed by atoms with Gasteiger partial charge in [-0.3, -0.25) is 0 Å². The summed E-state index contributed by atoms with van der Waals surface area (Å²) in [5, 5.41) is 19.1. The number of allylic oxidation sites excluding steroid dienone is 3. The number of piperidine rings is 1. The molecule has 1 aliphatic carbocycles. The van der Waals surface area contributed by atoms with Crippen LogP contribution in [0.4, 0.5) is 0 Å². The minimum atomic E-state index is -0.530. The number of nitrogens with zero attached hydrogens (tertiary/aromatic N) is 3. The van der Waals surface area contributed by atoms with Crippen LogP contribution in [0.2, 0.25) is 0 Å². The molecule has 0 aromatic heterocycles. The number of nitriles is 2. The van der Waals surface area contributed by atoms with E-state index in [9.17, 15) is 10.5 Å². The highest BCUT2D eigenvalue weighted by atomic mass is 16.5. The van der Waals surface area contributed by atoms with Crippen LogP contribution in [0.1, 0.15) is 93.4 Å². The van der Waals surface area contributed by atoms with Crippen molar-refractivity contribution in [2.75, 3.05) is 13.1 Å². The number of ether oxygens (including phenoxy) is 1. The molecule has 0 aromatic carbocycles. The molecule has 4 atom stereocenters. The maximum atomic E-state index is 9.55. The molecule has 4 heteroatoms. The highest BCUT2D eigenvalue weighted by Gasteiger charge is 2.45. The topological polar surface area (TPSA) is 60.0 Å². The first-order chi connectivity index (χ1) is 15.9. The maximum absolute atomic E-state index is 9.55. The fourth-order valence-corrected chi connectivity index (χ4v) is 6.74. The first-order valence-corrected chi connectivity index (χ1v) is 13.5. The minimum absolute atomic E-state index is 0.0145. The van der Waals surface area contributed by atoms with Crippen LogP contribution in [0.25, 0.3) is 0 Å². The molecule has 2 saturated heterocycles. The van der Waals surface area contributed by atoms with Gasteiger partial charge < -0.3 is 9.64 Å². The van der Waals surface area contributed by atoms with Gasteiger partial charge in [0.15, 0.2) is 0 Å². The molecular formula is C30H45N3O. The van der Waals surface area contributed by atoms with Crippen LogP contribution in [0.5, 0.6) is 0 Å². The van der Waals surface area contributed by atoms with Gasteiger partial charge in [0.25, 0.3) is 0 Å². The molecule has 3 heterocycles. The van der Waals surface area contributed by atoms with Crippen LogP contribution in [0, 0.1) is 56.7 Å². The summed E-state index contributed by atoms with van der Waals surface area (Å²) in [6.07, 6.45) is 10.3. The zero-order valence-corrected chi connectivity index (χ0v) is 22.6. The van der Waals surface area contributed by atoms with Gasteiger partial charge >= 0.3 is 0 Å². The summed E-state index contributed by atoms with van der Waals surface area (Å²) in [5.74, 6) is 0.128. The molecule has 4 aliphatic rings. The fraction of sp³-hybridized carbons (Fsp3) is 0.800. The van der Waals surface area contributed by atoms with Crippen molar-refractivity contribution in [3.63, 3.8) is 0 Å². The quantitative estimate of drug-likeness (QED) is 0.450. The standard InChI is InChI=1S/C30H45N3O/c1-28(2,3)26-17-21(22(18-31)19-32)16-23(34-26)9-8-20-14-24-27-25(15-20)30(6,7)11-13-33(27)12-10-29(24,4)5/h14,20-23,26H,8-13,15-17H2,1-7H3/t20-,21?,23?,26?/m0/s1. The van der Waals surface area contributed by atoms with Gasteiger partial charge in [0.1, 0.15) is 5.92 Å². The Labute approximate surface area is 208 Å². The Hall–Kier alpha value is -1.78. The van der Waals surface area contributed by atoms with Crippen molar-refractivity contribution < 1.29 is 4.74 Å². The molecule has 3 unspecified atom stereocenters. The minimum Gasteiger partial charge on any atom is -0.374 e. The molecule has 2 fully saturated rings. The van der Waals surface area contributed by atoms with E-state index in [-0.39, 0.29) is 34.4 Å². The van der Waals surface area contributed by atoms with Crippen molar-refractivity contribution in [3.8, 4) is 12.1 Å². The third-order valence-corrected chi connectivity index (χ3v) is 9.30. The average Bonchev–Trinajstić information content (AvgIpc) is 2.76. The van der Waals surface area contributed by atoms with E-state index in [1.807, 2.05) is 0 Å². The third-order valence-electron chi connectivity index (χ3n) is 9.30. The molecule has 0 N–H and O–H groups in total. The Morgan fingerprint density at radius 1 is 1.03 bits per heavy atom. The van der Waals surface area contributed by atoms with Crippen LogP contribution in [0.15, 0.2) is 22.9 Å². The molecule has 4 nitrogen and oxygen atoms in total. The second kappa shape index (κ2) is 9.02. The fourth-order valence-electron chi connectivity index (χ4n) is 6.74. The van der Waals surface area contributed by atoms with Crippen LogP contribution in [-0.4, -0.2) is 30.2 Å². The van der Waals surface area contributed by atoms with Crippen LogP contribution in [0.3, 0.4) is 0 Å². The lowest BCUT2D eigenvalue weighted by atomic mass is 9.63. The van der Waals surface area contributed by atoms with Crippen molar-refractivity contribution >= 4 is 0 Å². The van der Waals surface area contributed by atoms with Gasteiger partial charge in [0.2, 0.25) is 0 Å². The molecule has 34 heavy (non-hydrogen) atoms. The molecule has 0 spiro atoms. The Morgan fingerprint density at radius 2 is 1.68 bits per heavy atom. The first kappa shape index (κ1) is 25.3. The van der Waals surface area contributed by atoms with E-state index in [1.54, 1.807) is 16.8 Å². The lowest BCUT2D eigenvalue weighted by Crippen LogP contribution is -2.46. The van der Waals surface area contributed by atoms with Crippen LogP contribution < -0.4 is 0 Å². The van der Waals surface area contributed by atoms with Crippen molar-refractivity contribution in [1.29, 1.82) is 10.5 Å². The summed E-state index contributed by atoms with van der Waals surface area (Å²) in [5.41, 5.74) is 5.37. The Bertz CT molecular complexity index is 922. The van der Waals surface area contributed by atoms with E-state index < -0.39 is 5.92 Å². The van der Waals surface area contributed by atoms with E-state index >= 15 is 0 Å². The largest absolute Gasteiger partial charge is 0.374 e. The second-order valence-electron chi connectivity index (χ2n) is 13.8. The summed E-state index contributed by atoms with van der Waals surface area (Å²) < 4.78 is 6.62. The van der Waals surface area contributed by atoms with Crippen molar-refractivity contribution in [2.24, 2.45) is 34.0 Å². The lowest BCUT2D eigenvalue weighted by molar-refractivity contribution is -0.122. The summed E-state index contributed by atoms with van der Waals surface area (Å²) in [7, 11) is 0. The number of hydrogen-bond acceptors (Lipinski definition) is 4. The molecule has 3 aliphatic heterocycles. The molecule has 0 bridgehead atoms. The molecule has 0 aromatic rings. The van der Waals surface area contributed by atoms with Gasteiger partial charge in [-0.1, -0.05) is 54.5 Å². The molecule has 0 amide bonds. The van der Waals surface area contributed by atoms with Crippen LogP contribution >= 0.6 is 0 Å². The number of hydrogen-bond donors (Lipinski definition) is 0. The van der Waals surface area contributed by atoms with Gasteiger partial charge in [0, 0.05) is 18.8 Å². The highest BCUT2D eigenvalue weighted by Crippen LogP contribution is 2.54. The van der Waals surface area contributed by atoms with E-state index in [2.05, 4.69) is 71.6 Å². The monoisotopic (exact) mass is 463 g/mol. The van der Waals surface area contributed by atoms with Crippen LogP contribution in [-0.2, 0) is 4.74 Å². The smallest absolute Gasteiger partial charge is 0.136 e. The number of rotatable bonds is 4. The molecule has 4 rings (SSSR count). The van der Waals surface area contributed by atoms with E-state index in [0.717, 1.165) is 32.1 Å². The Kier molecular flexibility index (Phi) is 6.72. The van der Waals surface area contributed by atoms with Crippen molar-refractivity contribution in [2.45, 2.75) is 106 Å². The molecule has 186 valence electrons. The van der Waals surface area contributed by atoms with Gasteiger partial charge in [-0.2, -0.15) is 10.5 Å². The Balaban J connectivity index is 1.53. The van der Waals surface area contributed by atoms with Gasteiger partial charge in [0.05, 0.1) is 24.3 Å². The zero-order valence-electron chi connectivity index (χ0n) is 22.6. The van der Waals surface area contributed by atoms with E-state index in [0.29, 0.717) is 5.92 Å². The maximum Gasteiger partial charge on any atom is 0.136 e. The Morgan fingerprint density at radius 3 is 2.29 bits per heavy atom. The van der Waals surface area contributed by atoms with Gasteiger partial charge in [-0.25, -0.2) is 0 Å². The predicted molar refractivity (Wildman–Crippen MR) is 136 cm³/mol. The summed E-state index contributed by atoms with van der Waals surface area (Å²) >= 11 is 0. The second-order valence-corrected chi connectivity index (χ2v) is 13.8.